The third kappa shape index (κ3) is 3.83. The second kappa shape index (κ2) is 8.27. The lowest BCUT2D eigenvalue weighted by molar-refractivity contribution is 0.252. The molecule has 0 aliphatic rings. The number of anilines is 1. The van der Waals surface area contributed by atoms with Gasteiger partial charge < -0.3 is 5.32 Å². The van der Waals surface area contributed by atoms with Crippen molar-refractivity contribution in [3.8, 4) is 28.5 Å². The molecule has 2 N–H and O–H groups in total. The zero-order chi connectivity index (χ0) is 21.1. The molecule has 2 amide bonds. The fourth-order valence-electron chi connectivity index (χ4n) is 3.12. The van der Waals surface area contributed by atoms with Gasteiger partial charge >= 0.3 is 6.03 Å². The number of carbonyl (C=O) groups excluding carboxylic acids is 1. The molecule has 0 unspecified atom stereocenters. The van der Waals surface area contributed by atoms with Crippen LogP contribution in [0.3, 0.4) is 0 Å². The number of amides is 2. The number of thiazole rings is 1. The van der Waals surface area contributed by atoms with Gasteiger partial charge in [0.25, 0.3) is 0 Å². The van der Waals surface area contributed by atoms with Crippen LogP contribution in [0.1, 0.15) is 18.2 Å². The van der Waals surface area contributed by atoms with Crippen molar-refractivity contribution in [2.24, 2.45) is 0 Å². The minimum atomic E-state index is -0.308. The van der Waals surface area contributed by atoms with Gasteiger partial charge in [-0.2, -0.15) is 5.26 Å². The van der Waals surface area contributed by atoms with Crippen molar-refractivity contribution in [3.05, 3.63) is 60.0 Å². The lowest BCUT2D eigenvalue weighted by Crippen LogP contribution is -2.28. The number of urea groups is 1. The summed E-state index contributed by atoms with van der Waals surface area (Å²) in [7, 11) is 0. The van der Waals surface area contributed by atoms with Crippen molar-refractivity contribution in [1.29, 1.82) is 5.26 Å². The van der Waals surface area contributed by atoms with Crippen molar-refractivity contribution < 1.29 is 4.79 Å². The van der Waals surface area contributed by atoms with E-state index >= 15 is 0 Å². The molecule has 1 aromatic carbocycles. The zero-order valence-corrected chi connectivity index (χ0v) is 17.2. The Kier molecular flexibility index (Phi) is 5.37. The lowest BCUT2D eigenvalue weighted by atomic mass is 9.99. The Hall–Kier alpha value is -3.83. The first-order valence-corrected chi connectivity index (χ1v) is 10.2. The van der Waals surface area contributed by atoms with E-state index in [2.05, 4.69) is 31.7 Å². The van der Waals surface area contributed by atoms with E-state index in [1.807, 2.05) is 44.2 Å². The lowest BCUT2D eigenvalue weighted by Gasteiger charge is -2.09. The van der Waals surface area contributed by atoms with E-state index in [-0.39, 0.29) is 6.03 Å². The van der Waals surface area contributed by atoms with Crippen molar-refractivity contribution >= 4 is 32.7 Å². The van der Waals surface area contributed by atoms with Crippen LogP contribution in [0, 0.1) is 18.3 Å². The first kappa shape index (κ1) is 19.5. The average Bonchev–Trinajstić information content (AvgIpc) is 3.16. The van der Waals surface area contributed by atoms with E-state index in [0.717, 1.165) is 32.6 Å². The molecule has 0 bridgehead atoms. The summed E-state index contributed by atoms with van der Waals surface area (Å²) in [4.78, 5) is 25.4. The zero-order valence-electron chi connectivity index (χ0n) is 16.4. The summed E-state index contributed by atoms with van der Waals surface area (Å²) < 4.78 is 0.851. The van der Waals surface area contributed by atoms with Gasteiger partial charge in [0, 0.05) is 35.8 Å². The minimum absolute atomic E-state index is 0.308. The predicted octanol–water partition coefficient (Wildman–Crippen LogP) is 4.74. The Balaban J connectivity index is 1.95. The summed E-state index contributed by atoms with van der Waals surface area (Å²) in [6.45, 7) is 4.26. The number of fused-ring (bicyclic) bond motifs is 1. The van der Waals surface area contributed by atoms with Crippen LogP contribution < -0.4 is 10.6 Å². The van der Waals surface area contributed by atoms with Crippen LogP contribution in [0.4, 0.5) is 9.93 Å². The molecule has 3 aromatic heterocycles. The van der Waals surface area contributed by atoms with E-state index in [4.69, 9.17) is 0 Å². The van der Waals surface area contributed by atoms with Gasteiger partial charge in [-0.25, -0.2) is 9.78 Å². The molecule has 0 atom stereocenters. The standard InChI is InChI=1S/C22H18N6OS/c1-3-25-21(29)28-22-27-18-10-16(15-5-4-8-24-12-15)9-17(20(18)30-22)19-14(11-23)7-6-13(2)26-19/h4-10,12H,3H2,1-2H3,(H2,25,27,28,29). The normalized spacial score (nSPS) is 10.6. The van der Waals surface area contributed by atoms with Crippen molar-refractivity contribution in [1.82, 2.24) is 20.3 Å². The third-order valence-corrected chi connectivity index (χ3v) is 5.47. The minimum Gasteiger partial charge on any atom is -0.338 e. The molecule has 0 saturated carbocycles. The molecular weight excluding hydrogens is 396 g/mol. The van der Waals surface area contributed by atoms with Gasteiger partial charge in [0.15, 0.2) is 5.13 Å². The Morgan fingerprint density at radius 1 is 1.20 bits per heavy atom. The number of hydrogen-bond donors (Lipinski definition) is 2. The number of nitrogens with zero attached hydrogens (tertiary/aromatic N) is 4. The topological polar surface area (TPSA) is 104 Å². The Morgan fingerprint density at radius 2 is 2.07 bits per heavy atom. The number of rotatable bonds is 4. The van der Waals surface area contributed by atoms with Gasteiger partial charge in [-0.1, -0.05) is 17.4 Å². The van der Waals surface area contributed by atoms with Crippen molar-refractivity contribution in [3.63, 3.8) is 0 Å². The summed E-state index contributed by atoms with van der Waals surface area (Å²) in [6, 6.07) is 13.3. The number of hydrogen-bond acceptors (Lipinski definition) is 6. The average molecular weight is 414 g/mol. The maximum Gasteiger partial charge on any atom is 0.321 e. The summed E-state index contributed by atoms with van der Waals surface area (Å²) in [5, 5.41) is 15.6. The molecule has 7 nitrogen and oxygen atoms in total. The number of carbonyl (C=O) groups is 1. The van der Waals surface area contributed by atoms with Crippen LogP contribution in [0.2, 0.25) is 0 Å². The molecule has 3 heterocycles. The van der Waals surface area contributed by atoms with Gasteiger partial charge in [0.05, 0.1) is 21.5 Å². The van der Waals surface area contributed by atoms with Crippen LogP contribution in [0.25, 0.3) is 32.6 Å². The number of aromatic nitrogens is 3. The maximum absolute atomic E-state index is 12.0. The molecule has 0 aliphatic carbocycles. The van der Waals surface area contributed by atoms with E-state index in [0.29, 0.717) is 22.9 Å². The highest BCUT2D eigenvalue weighted by atomic mass is 32.1. The monoisotopic (exact) mass is 414 g/mol. The third-order valence-electron chi connectivity index (χ3n) is 4.45. The number of pyridine rings is 2. The summed E-state index contributed by atoms with van der Waals surface area (Å²) in [6.07, 6.45) is 3.50. The van der Waals surface area contributed by atoms with Gasteiger partial charge in [0.1, 0.15) is 6.07 Å². The SMILES string of the molecule is CCNC(=O)Nc1nc2cc(-c3cccnc3)cc(-c3nc(C)ccc3C#N)c2s1. The number of benzene rings is 1. The van der Waals surface area contributed by atoms with Crippen molar-refractivity contribution in [2.45, 2.75) is 13.8 Å². The molecule has 0 spiro atoms. The molecule has 4 rings (SSSR count). The molecule has 0 radical (unpaired) electrons. The summed E-state index contributed by atoms with van der Waals surface area (Å²) in [5.41, 5.74) is 5.25. The van der Waals surface area contributed by atoms with Gasteiger partial charge in [-0.05, 0) is 49.7 Å². The molecule has 0 aliphatic heterocycles. The molecule has 30 heavy (non-hydrogen) atoms. The van der Waals surface area contributed by atoms with E-state index in [1.165, 1.54) is 11.3 Å². The Bertz CT molecular complexity index is 1280. The highest BCUT2D eigenvalue weighted by Crippen LogP contribution is 2.39. The summed E-state index contributed by atoms with van der Waals surface area (Å²) in [5.74, 6) is 0. The first-order chi connectivity index (χ1) is 14.6. The van der Waals surface area contributed by atoms with Crippen LogP contribution in [-0.2, 0) is 0 Å². The van der Waals surface area contributed by atoms with Crippen LogP contribution >= 0.6 is 11.3 Å². The predicted molar refractivity (Wildman–Crippen MR) is 118 cm³/mol. The van der Waals surface area contributed by atoms with E-state index in [9.17, 15) is 10.1 Å². The number of aryl methyl sites for hydroxylation is 1. The number of nitriles is 1. The van der Waals surface area contributed by atoms with Gasteiger partial charge in [0.2, 0.25) is 0 Å². The second-order valence-electron chi connectivity index (χ2n) is 6.58. The molecule has 8 heteroatoms. The van der Waals surface area contributed by atoms with E-state index in [1.54, 1.807) is 18.5 Å². The first-order valence-electron chi connectivity index (χ1n) is 9.37. The smallest absolute Gasteiger partial charge is 0.321 e. The summed E-state index contributed by atoms with van der Waals surface area (Å²) >= 11 is 1.35. The largest absolute Gasteiger partial charge is 0.338 e. The molecular formula is C22H18N6OS. The van der Waals surface area contributed by atoms with Crippen LogP contribution in [-0.4, -0.2) is 27.5 Å². The molecule has 4 aromatic rings. The molecule has 0 saturated heterocycles. The van der Waals surface area contributed by atoms with Crippen molar-refractivity contribution in [2.75, 3.05) is 11.9 Å². The van der Waals surface area contributed by atoms with Crippen LogP contribution in [0.5, 0.6) is 0 Å². The fourth-order valence-corrected chi connectivity index (χ4v) is 4.07. The quantitative estimate of drug-likeness (QED) is 0.502. The molecule has 0 fully saturated rings. The van der Waals surface area contributed by atoms with Crippen LogP contribution in [0.15, 0.2) is 48.8 Å². The number of nitrogens with one attached hydrogen (secondary N) is 2. The van der Waals surface area contributed by atoms with Gasteiger partial charge in [-0.15, -0.1) is 0 Å². The maximum atomic E-state index is 12.0. The highest BCUT2D eigenvalue weighted by molar-refractivity contribution is 7.22. The Morgan fingerprint density at radius 3 is 2.80 bits per heavy atom. The Labute approximate surface area is 177 Å². The van der Waals surface area contributed by atoms with Gasteiger partial charge in [-0.3, -0.25) is 15.3 Å². The van der Waals surface area contributed by atoms with E-state index < -0.39 is 0 Å². The fraction of sp³-hybridized carbons (Fsp3) is 0.136. The highest BCUT2D eigenvalue weighted by Gasteiger charge is 2.17. The second-order valence-corrected chi connectivity index (χ2v) is 7.58. The molecule has 148 valence electrons.